The Kier molecular flexibility index (Phi) is 5.19. The van der Waals surface area contributed by atoms with Gasteiger partial charge in [0.15, 0.2) is 9.84 Å². The van der Waals surface area contributed by atoms with Crippen LogP contribution in [0.2, 0.25) is 0 Å². The molecule has 0 unspecified atom stereocenters. The van der Waals surface area contributed by atoms with E-state index in [0.717, 1.165) is 18.0 Å². The molecule has 1 aliphatic rings. The number of hydrogen-bond donors (Lipinski definition) is 1. The third kappa shape index (κ3) is 4.00. The largest absolute Gasteiger partial charge is 0.465 e. The summed E-state index contributed by atoms with van der Waals surface area (Å²) >= 11 is 0. The molecule has 1 aliphatic heterocycles. The number of halogens is 1. The molecule has 0 saturated carbocycles. The summed E-state index contributed by atoms with van der Waals surface area (Å²) in [6.07, 6.45) is 6.59. The van der Waals surface area contributed by atoms with E-state index in [4.69, 9.17) is 5.11 Å². The number of aromatic nitrogens is 3. The Morgan fingerprint density at radius 1 is 1.23 bits per heavy atom. The Labute approximate surface area is 172 Å². The van der Waals surface area contributed by atoms with Crippen LogP contribution < -0.4 is 0 Å². The lowest BCUT2D eigenvalue weighted by atomic mass is 9.94. The molecule has 10 heteroatoms. The minimum Gasteiger partial charge on any atom is -0.465 e. The van der Waals surface area contributed by atoms with Crippen LogP contribution in [0.4, 0.5) is 9.18 Å². The Hall–Kier alpha value is -3.01. The maximum Gasteiger partial charge on any atom is 0.407 e. The van der Waals surface area contributed by atoms with Gasteiger partial charge in [-0.25, -0.2) is 17.6 Å². The predicted octanol–water partition coefficient (Wildman–Crippen LogP) is 2.88. The molecular formula is C20H21FN4O4S. The molecule has 1 aromatic carbocycles. The van der Waals surface area contributed by atoms with E-state index in [-0.39, 0.29) is 10.8 Å². The fraction of sp³-hybridized carbons (Fsp3) is 0.350. The maximum atomic E-state index is 14.6. The van der Waals surface area contributed by atoms with Gasteiger partial charge in [0.05, 0.1) is 34.5 Å². The number of fused-ring (bicyclic) bond motifs is 1. The summed E-state index contributed by atoms with van der Waals surface area (Å²) in [7, 11) is -3.50. The normalized spacial score (nSPS) is 15.6. The number of benzene rings is 1. The molecule has 4 rings (SSSR count). The van der Waals surface area contributed by atoms with Gasteiger partial charge in [0.2, 0.25) is 0 Å². The highest BCUT2D eigenvalue weighted by Crippen LogP contribution is 2.27. The Morgan fingerprint density at radius 2 is 1.97 bits per heavy atom. The van der Waals surface area contributed by atoms with E-state index in [1.165, 1.54) is 11.0 Å². The smallest absolute Gasteiger partial charge is 0.407 e. The van der Waals surface area contributed by atoms with Crippen LogP contribution in [0.3, 0.4) is 0 Å². The van der Waals surface area contributed by atoms with Crippen molar-refractivity contribution in [1.29, 1.82) is 0 Å². The second-order valence-electron chi connectivity index (χ2n) is 7.54. The van der Waals surface area contributed by atoms with Gasteiger partial charge in [0.1, 0.15) is 5.82 Å². The number of piperidine rings is 1. The molecular weight excluding hydrogens is 411 g/mol. The SMILES string of the molecule is CS(=O)(=O)c1cc(F)c2c(ccn2Cc2cnc(C3CCN(C(=O)O)CC3)cn2)c1. The molecule has 0 radical (unpaired) electrons. The summed E-state index contributed by atoms with van der Waals surface area (Å²) in [4.78, 5) is 21.3. The molecule has 30 heavy (non-hydrogen) atoms. The first-order valence-electron chi connectivity index (χ1n) is 9.49. The number of nitrogens with zero attached hydrogens (tertiary/aromatic N) is 4. The van der Waals surface area contributed by atoms with Gasteiger partial charge < -0.3 is 14.6 Å². The van der Waals surface area contributed by atoms with E-state index in [2.05, 4.69) is 9.97 Å². The number of likely N-dealkylation sites (tertiary alicyclic amines) is 1. The van der Waals surface area contributed by atoms with Crippen molar-refractivity contribution in [2.45, 2.75) is 30.2 Å². The molecule has 3 aromatic rings. The molecule has 1 fully saturated rings. The zero-order valence-corrected chi connectivity index (χ0v) is 17.1. The van der Waals surface area contributed by atoms with Gasteiger partial charge in [0, 0.05) is 43.0 Å². The van der Waals surface area contributed by atoms with Crippen molar-refractivity contribution in [2.24, 2.45) is 0 Å². The zero-order chi connectivity index (χ0) is 21.5. The van der Waals surface area contributed by atoms with Gasteiger partial charge >= 0.3 is 6.09 Å². The number of carbonyl (C=O) groups is 1. The standard InChI is InChI=1S/C20H21FN4O4S/c1-30(28,29)16-8-14-4-7-25(19(14)17(21)9-16)12-15-10-23-18(11-22-15)13-2-5-24(6-3-13)20(26)27/h4,7-11,13H,2-3,5-6,12H2,1H3,(H,26,27). The van der Waals surface area contributed by atoms with Crippen LogP contribution in [0.1, 0.15) is 30.1 Å². The van der Waals surface area contributed by atoms with Crippen molar-refractivity contribution in [1.82, 2.24) is 19.4 Å². The monoisotopic (exact) mass is 432 g/mol. The fourth-order valence-electron chi connectivity index (χ4n) is 3.81. The van der Waals surface area contributed by atoms with Crippen LogP contribution >= 0.6 is 0 Å². The van der Waals surface area contributed by atoms with Crippen LogP contribution in [-0.2, 0) is 16.4 Å². The van der Waals surface area contributed by atoms with Crippen LogP contribution in [-0.4, -0.2) is 58.4 Å². The molecule has 1 N–H and O–H groups in total. The number of rotatable bonds is 4. The van der Waals surface area contributed by atoms with Gasteiger partial charge in [0.25, 0.3) is 0 Å². The predicted molar refractivity (Wildman–Crippen MR) is 108 cm³/mol. The average molecular weight is 432 g/mol. The minimum atomic E-state index is -3.50. The molecule has 0 bridgehead atoms. The van der Waals surface area contributed by atoms with E-state index in [9.17, 15) is 17.6 Å². The minimum absolute atomic E-state index is 0.0525. The first kappa shape index (κ1) is 20.3. The highest BCUT2D eigenvalue weighted by Gasteiger charge is 2.24. The van der Waals surface area contributed by atoms with Gasteiger partial charge in [-0.3, -0.25) is 9.97 Å². The highest BCUT2D eigenvalue weighted by atomic mass is 32.2. The summed E-state index contributed by atoms with van der Waals surface area (Å²) < 4.78 is 39.7. The van der Waals surface area contributed by atoms with Crippen LogP contribution in [0, 0.1) is 5.82 Å². The average Bonchev–Trinajstić information content (AvgIpc) is 3.11. The third-order valence-electron chi connectivity index (χ3n) is 5.46. The molecule has 2 aromatic heterocycles. The first-order valence-corrected chi connectivity index (χ1v) is 11.4. The first-order chi connectivity index (χ1) is 14.2. The highest BCUT2D eigenvalue weighted by molar-refractivity contribution is 7.90. The van der Waals surface area contributed by atoms with Crippen molar-refractivity contribution in [3.63, 3.8) is 0 Å². The molecule has 3 heterocycles. The summed E-state index contributed by atoms with van der Waals surface area (Å²) in [5.74, 6) is -0.436. The molecule has 0 spiro atoms. The van der Waals surface area contributed by atoms with Crippen molar-refractivity contribution >= 4 is 26.8 Å². The van der Waals surface area contributed by atoms with Gasteiger partial charge in [-0.15, -0.1) is 0 Å². The third-order valence-corrected chi connectivity index (χ3v) is 6.55. The van der Waals surface area contributed by atoms with E-state index in [0.29, 0.717) is 49.1 Å². The number of sulfone groups is 1. The Balaban J connectivity index is 1.51. The van der Waals surface area contributed by atoms with E-state index >= 15 is 0 Å². The fourth-order valence-corrected chi connectivity index (χ4v) is 4.47. The maximum absolute atomic E-state index is 14.6. The Morgan fingerprint density at radius 3 is 2.57 bits per heavy atom. The van der Waals surface area contributed by atoms with E-state index in [1.54, 1.807) is 29.2 Å². The molecule has 0 aliphatic carbocycles. The Bertz CT molecular complexity index is 1200. The quantitative estimate of drug-likeness (QED) is 0.680. The molecule has 1 amide bonds. The van der Waals surface area contributed by atoms with E-state index in [1.807, 2.05) is 0 Å². The van der Waals surface area contributed by atoms with E-state index < -0.39 is 21.7 Å². The van der Waals surface area contributed by atoms with Crippen molar-refractivity contribution in [2.75, 3.05) is 19.3 Å². The van der Waals surface area contributed by atoms with Crippen molar-refractivity contribution < 1.29 is 22.7 Å². The number of amides is 1. The van der Waals surface area contributed by atoms with Crippen LogP contribution in [0.15, 0.2) is 41.7 Å². The van der Waals surface area contributed by atoms with Gasteiger partial charge in [-0.05, 0) is 31.0 Å². The summed E-state index contributed by atoms with van der Waals surface area (Å²) in [6.45, 7) is 1.25. The van der Waals surface area contributed by atoms with Crippen molar-refractivity contribution in [3.05, 3.63) is 54.0 Å². The van der Waals surface area contributed by atoms with Crippen molar-refractivity contribution in [3.8, 4) is 0 Å². The number of carboxylic acid groups (broad SMARTS) is 1. The lowest BCUT2D eigenvalue weighted by molar-refractivity contribution is 0.131. The van der Waals surface area contributed by atoms with Crippen LogP contribution in [0.5, 0.6) is 0 Å². The second-order valence-corrected chi connectivity index (χ2v) is 9.55. The zero-order valence-electron chi connectivity index (χ0n) is 16.3. The van der Waals surface area contributed by atoms with Gasteiger partial charge in [-0.1, -0.05) is 0 Å². The lowest BCUT2D eigenvalue weighted by Gasteiger charge is -2.29. The molecule has 1 saturated heterocycles. The lowest BCUT2D eigenvalue weighted by Crippen LogP contribution is -2.37. The summed E-state index contributed by atoms with van der Waals surface area (Å²) in [5.41, 5.74) is 1.78. The second kappa shape index (κ2) is 7.67. The molecule has 8 nitrogen and oxygen atoms in total. The van der Waals surface area contributed by atoms with Crippen LogP contribution in [0.25, 0.3) is 10.9 Å². The topological polar surface area (TPSA) is 105 Å². The summed E-state index contributed by atoms with van der Waals surface area (Å²) in [6, 6.07) is 4.17. The molecule has 0 atom stereocenters. The summed E-state index contributed by atoms with van der Waals surface area (Å²) in [5, 5.41) is 9.55. The molecule has 158 valence electrons. The number of hydrogen-bond acceptors (Lipinski definition) is 5. The van der Waals surface area contributed by atoms with Gasteiger partial charge in [-0.2, -0.15) is 0 Å².